The molecule has 2 rings (SSSR count). The predicted molar refractivity (Wildman–Crippen MR) is 67.5 cm³/mol. The van der Waals surface area contributed by atoms with Gasteiger partial charge < -0.3 is 0 Å². The Hall–Kier alpha value is -2.23. The van der Waals surface area contributed by atoms with E-state index in [9.17, 15) is 13.7 Å². The SMILES string of the molecule is CC(C(=O)OF)c1ccc(-c2ccccc2F)cc1. The first-order valence-corrected chi connectivity index (χ1v) is 5.80. The maximum Gasteiger partial charge on any atom is 0.355 e. The molecule has 0 bridgehead atoms. The van der Waals surface area contributed by atoms with E-state index in [1.165, 1.54) is 6.07 Å². The van der Waals surface area contributed by atoms with E-state index in [-0.39, 0.29) is 5.82 Å². The van der Waals surface area contributed by atoms with Crippen LogP contribution in [0.3, 0.4) is 0 Å². The number of benzene rings is 2. The van der Waals surface area contributed by atoms with Crippen LogP contribution in [0, 0.1) is 5.82 Å². The van der Waals surface area contributed by atoms with Gasteiger partial charge in [-0.05, 0) is 24.1 Å². The average molecular weight is 262 g/mol. The van der Waals surface area contributed by atoms with E-state index in [4.69, 9.17) is 0 Å². The van der Waals surface area contributed by atoms with Gasteiger partial charge in [-0.15, -0.1) is 0 Å². The van der Waals surface area contributed by atoms with E-state index < -0.39 is 11.9 Å². The fourth-order valence-corrected chi connectivity index (χ4v) is 1.85. The summed E-state index contributed by atoms with van der Waals surface area (Å²) in [6, 6.07) is 13.1. The molecule has 0 radical (unpaired) electrons. The first kappa shape index (κ1) is 13.2. The molecule has 0 saturated carbocycles. The van der Waals surface area contributed by atoms with Crippen LogP contribution in [0.15, 0.2) is 48.5 Å². The van der Waals surface area contributed by atoms with Crippen molar-refractivity contribution in [3.63, 3.8) is 0 Å². The zero-order valence-electron chi connectivity index (χ0n) is 10.3. The molecular weight excluding hydrogens is 250 g/mol. The van der Waals surface area contributed by atoms with Crippen LogP contribution >= 0.6 is 0 Å². The normalized spacial score (nSPS) is 11.9. The standard InChI is InChI=1S/C15H12F2O2/c1-10(15(18)19-17)11-6-8-12(9-7-11)13-4-2-3-5-14(13)16/h2-10H,1H3. The van der Waals surface area contributed by atoms with Crippen LogP contribution in [0.25, 0.3) is 11.1 Å². The Morgan fingerprint density at radius 2 is 1.74 bits per heavy atom. The molecule has 0 heterocycles. The average Bonchev–Trinajstić information content (AvgIpc) is 2.46. The minimum atomic E-state index is -0.946. The molecule has 0 saturated heterocycles. The smallest absolute Gasteiger partial charge is 0.254 e. The number of carbonyl (C=O) groups excluding carboxylic acids is 1. The molecule has 0 aliphatic heterocycles. The zero-order valence-corrected chi connectivity index (χ0v) is 10.3. The summed E-state index contributed by atoms with van der Waals surface area (Å²) in [6.45, 7) is 1.54. The van der Waals surface area contributed by atoms with Crippen LogP contribution < -0.4 is 0 Å². The van der Waals surface area contributed by atoms with Crippen molar-refractivity contribution in [1.82, 2.24) is 0 Å². The zero-order chi connectivity index (χ0) is 13.8. The molecule has 2 nitrogen and oxygen atoms in total. The van der Waals surface area contributed by atoms with Crippen LogP contribution in [0.4, 0.5) is 8.92 Å². The van der Waals surface area contributed by atoms with E-state index in [1.807, 2.05) is 0 Å². The predicted octanol–water partition coefficient (Wildman–Crippen LogP) is 4.02. The molecule has 2 aromatic rings. The van der Waals surface area contributed by atoms with Gasteiger partial charge in [0.05, 0.1) is 5.92 Å². The summed E-state index contributed by atoms with van der Waals surface area (Å²) < 4.78 is 25.4. The number of carbonyl (C=O) groups is 1. The second-order valence-electron chi connectivity index (χ2n) is 4.22. The summed E-state index contributed by atoms with van der Waals surface area (Å²) in [7, 11) is 0. The van der Waals surface area contributed by atoms with Crippen molar-refractivity contribution >= 4 is 5.97 Å². The maximum atomic E-state index is 13.6. The molecule has 0 aliphatic rings. The lowest BCUT2D eigenvalue weighted by Gasteiger charge is -2.09. The van der Waals surface area contributed by atoms with Gasteiger partial charge in [-0.1, -0.05) is 42.5 Å². The van der Waals surface area contributed by atoms with Crippen molar-refractivity contribution in [1.29, 1.82) is 0 Å². The Balaban J connectivity index is 2.29. The van der Waals surface area contributed by atoms with Gasteiger partial charge in [-0.3, -0.25) is 4.94 Å². The highest BCUT2D eigenvalue weighted by Crippen LogP contribution is 2.25. The van der Waals surface area contributed by atoms with Crippen LogP contribution in [0.2, 0.25) is 0 Å². The fourth-order valence-electron chi connectivity index (χ4n) is 1.85. The van der Waals surface area contributed by atoms with Gasteiger partial charge >= 0.3 is 5.97 Å². The van der Waals surface area contributed by atoms with Crippen molar-refractivity contribution in [2.24, 2.45) is 0 Å². The van der Waals surface area contributed by atoms with Gasteiger partial charge in [-0.25, -0.2) is 9.18 Å². The maximum absolute atomic E-state index is 13.6. The molecule has 0 amide bonds. The number of hydrogen-bond acceptors (Lipinski definition) is 2. The Morgan fingerprint density at radius 3 is 2.32 bits per heavy atom. The summed E-state index contributed by atoms with van der Waals surface area (Å²) in [5.41, 5.74) is 1.79. The number of hydrogen-bond donors (Lipinski definition) is 0. The first-order chi connectivity index (χ1) is 9.13. The largest absolute Gasteiger partial charge is 0.355 e. The molecule has 0 aromatic heterocycles. The summed E-state index contributed by atoms with van der Waals surface area (Å²) in [5.74, 6) is -1.95. The second-order valence-corrected chi connectivity index (χ2v) is 4.22. The van der Waals surface area contributed by atoms with Gasteiger partial charge in [0, 0.05) is 10.1 Å². The van der Waals surface area contributed by atoms with E-state index in [0.717, 1.165) is 0 Å². The fraction of sp³-hybridized carbons (Fsp3) is 0.133. The Morgan fingerprint density at radius 1 is 1.11 bits per heavy atom. The lowest BCUT2D eigenvalue weighted by molar-refractivity contribution is -0.185. The lowest BCUT2D eigenvalue weighted by atomic mass is 9.97. The van der Waals surface area contributed by atoms with Gasteiger partial charge in [0.2, 0.25) is 0 Å². The third kappa shape index (κ3) is 2.78. The molecule has 0 fully saturated rings. The summed E-state index contributed by atoms with van der Waals surface area (Å²) in [4.78, 5) is 14.3. The van der Waals surface area contributed by atoms with E-state index in [1.54, 1.807) is 49.4 Å². The van der Waals surface area contributed by atoms with Crippen LogP contribution in [-0.4, -0.2) is 5.97 Å². The Labute approximate surface area is 109 Å². The monoisotopic (exact) mass is 262 g/mol. The van der Waals surface area contributed by atoms with Gasteiger partial charge in [0.15, 0.2) is 0 Å². The molecular formula is C15H12F2O2. The molecule has 0 N–H and O–H groups in total. The van der Waals surface area contributed by atoms with Crippen molar-refractivity contribution < 1.29 is 18.7 Å². The van der Waals surface area contributed by atoms with Gasteiger partial charge in [-0.2, -0.15) is 0 Å². The van der Waals surface area contributed by atoms with Crippen molar-refractivity contribution in [3.05, 3.63) is 59.9 Å². The Bertz CT molecular complexity index is 579. The molecule has 0 spiro atoms. The Kier molecular flexibility index (Phi) is 3.90. The number of rotatable bonds is 3. The molecule has 2 aromatic carbocycles. The van der Waals surface area contributed by atoms with E-state index >= 15 is 0 Å². The molecule has 4 heteroatoms. The van der Waals surface area contributed by atoms with Crippen LogP contribution in [0.1, 0.15) is 18.4 Å². The van der Waals surface area contributed by atoms with Gasteiger partial charge in [0.1, 0.15) is 5.82 Å². The molecule has 19 heavy (non-hydrogen) atoms. The summed E-state index contributed by atoms with van der Waals surface area (Å²) in [5, 5.41) is 0. The lowest BCUT2D eigenvalue weighted by Crippen LogP contribution is -2.08. The molecule has 1 unspecified atom stereocenters. The third-order valence-electron chi connectivity index (χ3n) is 3.03. The highest BCUT2D eigenvalue weighted by Gasteiger charge is 2.17. The summed E-state index contributed by atoms with van der Waals surface area (Å²) in [6.07, 6.45) is 0. The summed E-state index contributed by atoms with van der Waals surface area (Å²) >= 11 is 0. The van der Waals surface area contributed by atoms with Crippen molar-refractivity contribution in [2.45, 2.75) is 12.8 Å². The van der Waals surface area contributed by atoms with Crippen LogP contribution in [0.5, 0.6) is 0 Å². The quantitative estimate of drug-likeness (QED) is 0.835. The van der Waals surface area contributed by atoms with Crippen molar-refractivity contribution in [2.75, 3.05) is 0 Å². The molecule has 98 valence electrons. The van der Waals surface area contributed by atoms with E-state index in [0.29, 0.717) is 16.7 Å². The minimum absolute atomic E-state index is 0.313. The van der Waals surface area contributed by atoms with Crippen LogP contribution in [-0.2, 0) is 9.74 Å². The highest BCUT2D eigenvalue weighted by molar-refractivity contribution is 5.77. The van der Waals surface area contributed by atoms with Crippen molar-refractivity contribution in [3.8, 4) is 11.1 Å². The van der Waals surface area contributed by atoms with Gasteiger partial charge in [0.25, 0.3) is 0 Å². The highest BCUT2D eigenvalue weighted by atomic mass is 19.3. The first-order valence-electron chi connectivity index (χ1n) is 5.80. The number of halogens is 2. The topological polar surface area (TPSA) is 26.3 Å². The second kappa shape index (κ2) is 5.61. The molecule has 1 atom stereocenters. The third-order valence-corrected chi connectivity index (χ3v) is 3.03. The van der Waals surface area contributed by atoms with E-state index in [2.05, 4.69) is 4.94 Å². The minimum Gasteiger partial charge on any atom is -0.254 e. The molecule has 0 aliphatic carbocycles.